The summed E-state index contributed by atoms with van der Waals surface area (Å²) in [5.74, 6) is -1.59. The molecule has 3 N–H and O–H groups in total. The zero-order valence-electron chi connectivity index (χ0n) is 8.87. The van der Waals surface area contributed by atoms with E-state index in [2.05, 4.69) is 20.7 Å². The van der Waals surface area contributed by atoms with E-state index in [1.165, 1.54) is 6.07 Å². The standard InChI is InChI=1S/C10H9BrF3NO3/c11-6-1-5(8(15)4-9(16)17)2-7(3-6)18-10(12,13)14/h1-3,8H,4,15H2,(H,16,17). The van der Waals surface area contributed by atoms with Crippen LogP contribution in [0.25, 0.3) is 0 Å². The fourth-order valence-corrected chi connectivity index (χ4v) is 1.79. The molecule has 1 aromatic carbocycles. The second-order valence-corrected chi connectivity index (χ2v) is 4.39. The van der Waals surface area contributed by atoms with E-state index in [9.17, 15) is 18.0 Å². The minimum Gasteiger partial charge on any atom is -0.481 e. The smallest absolute Gasteiger partial charge is 0.481 e. The molecule has 18 heavy (non-hydrogen) atoms. The van der Waals surface area contributed by atoms with Crippen molar-refractivity contribution in [2.45, 2.75) is 18.8 Å². The van der Waals surface area contributed by atoms with Crippen molar-refractivity contribution < 1.29 is 27.8 Å². The molecule has 0 spiro atoms. The van der Waals surface area contributed by atoms with Gasteiger partial charge in [-0.1, -0.05) is 15.9 Å². The topological polar surface area (TPSA) is 72.6 Å². The van der Waals surface area contributed by atoms with Crippen LogP contribution in [0.2, 0.25) is 0 Å². The van der Waals surface area contributed by atoms with Crippen LogP contribution in [0.1, 0.15) is 18.0 Å². The Morgan fingerprint density at radius 2 is 2.06 bits per heavy atom. The molecular formula is C10H9BrF3NO3. The van der Waals surface area contributed by atoms with Crippen molar-refractivity contribution in [1.82, 2.24) is 0 Å². The molecule has 0 aliphatic carbocycles. The van der Waals surface area contributed by atoms with E-state index in [4.69, 9.17) is 10.8 Å². The number of aliphatic carboxylic acids is 1. The lowest BCUT2D eigenvalue weighted by molar-refractivity contribution is -0.274. The Morgan fingerprint density at radius 3 is 2.56 bits per heavy atom. The van der Waals surface area contributed by atoms with E-state index in [1.807, 2.05) is 0 Å². The maximum Gasteiger partial charge on any atom is 0.573 e. The van der Waals surface area contributed by atoms with E-state index in [0.717, 1.165) is 12.1 Å². The number of halogens is 4. The third kappa shape index (κ3) is 4.92. The van der Waals surface area contributed by atoms with Gasteiger partial charge in [-0.2, -0.15) is 0 Å². The molecule has 0 aromatic heterocycles. The van der Waals surface area contributed by atoms with Gasteiger partial charge in [0.05, 0.1) is 6.42 Å². The summed E-state index contributed by atoms with van der Waals surface area (Å²) in [6, 6.07) is 2.71. The molecule has 0 bridgehead atoms. The first-order valence-corrected chi connectivity index (χ1v) is 5.50. The Bertz CT molecular complexity index is 450. The number of hydrogen-bond acceptors (Lipinski definition) is 3. The third-order valence-corrected chi connectivity index (χ3v) is 2.41. The van der Waals surface area contributed by atoms with Gasteiger partial charge in [0.15, 0.2) is 0 Å². The van der Waals surface area contributed by atoms with Gasteiger partial charge in [-0.25, -0.2) is 0 Å². The number of ether oxygens (including phenoxy) is 1. The van der Waals surface area contributed by atoms with Crippen molar-refractivity contribution in [1.29, 1.82) is 0 Å². The minimum atomic E-state index is -4.81. The Morgan fingerprint density at radius 1 is 1.44 bits per heavy atom. The Kier molecular flexibility index (Phi) is 4.58. The monoisotopic (exact) mass is 327 g/mol. The number of carbonyl (C=O) groups is 1. The molecule has 1 rings (SSSR count). The quantitative estimate of drug-likeness (QED) is 0.891. The lowest BCUT2D eigenvalue weighted by Gasteiger charge is -2.14. The molecule has 0 aliphatic rings. The summed E-state index contributed by atoms with van der Waals surface area (Å²) in [4.78, 5) is 10.5. The highest BCUT2D eigenvalue weighted by molar-refractivity contribution is 9.10. The number of alkyl halides is 3. The fourth-order valence-electron chi connectivity index (χ4n) is 1.30. The molecule has 8 heteroatoms. The summed E-state index contributed by atoms with van der Waals surface area (Å²) < 4.78 is 40.2. The molecule has 0 saturated heterocycles. The fraction of sp³-hybridized carbons (Fsp3) is 0.300. The van der Waals surface area contributed by atoms with Gasteiger partial charge in [0, 0.05) is 10.5 Å². The zero-order valence-corrected chi connectivity index (χ0v) is 10.5. The van der Waals surface area contributed by atoms with Crippen LogP contribution in [-0.4, -0.2) is 17.4 Å². The van der Waals surface area contributed by atoms with Crippen LogP contribution in [0.15, 0.2) is 22.7 Å². The van der Waals surface area contributed by atoms with Crippen molar-refractivity contribution in [2.24, 2.45) is 5.73 Å². The number of carboxylic acids is 1. The van der Waals surface area contributed by atoms with Crippen LogP contribution in [0, 0.1) is 0 Å². The molecule has 0 fully saturated rings. The Labute approximate surface area is 109 Å². The largest absolute Gasteiger partial charge is 0.573 e. The van der Waals surface area contributed by atoms with Gasteiger partial charge in [0.1, 0.15) is 5.75 Å². The second-order valence-electron chi connectivity index (χ2n) is 3.47. The average molecular weight is 328 g/mol. The van der Waals surface area contributed by atoms with E-state index in [1.54, 1.807) is 0 Å². The highest BCUT2D eigenvalue weighted by atomic mass is 79.9. The summed E-state index contributed by atoms with van der Waals surface area (Å²) in [5.41, 5.74) is 5.80. The predicted octanol–water partition coefficient (Wildman–Crippen LogP) is 2.82. The highest BCUT2D eigenvalue weighted by Gasteiger charge is 2.31. The molecule has 1 atom stereocenters. The molecule has 0 amide bonds. The van der Waals surface area contributed by atoms with Gasteiger partial charge in [0.2, 0.25) is 0 Å². The Balaban J connectivity index is 2.97. The number of nitrogens with two attached hydrogens (primary N) is 1. The maximum atomic E-state index is 12.1. The van der Waals surface area contributed by atoms with Gasteiger partial charge in [-0.15, -0.1) is 13.2 Å². The molecule has 0 aliphatic heterocycles. The minimum absolute atomic E-state index is 0.242. The van der Waals surface area contributed by atoms with Gasteiger partial charge in [-0.05, 0) is 23.8 Å². The SMILES string of the molecule is NC(CC(=O)O)c1cc(Br)cc(OC(F)(F)F)c1. The number of benzene rings is 1. The van der Waals surface area contributed by atoms with Crippen molar-refractivity contribution in [3.8, 4) is 5.75 Å². The van der Waals surface area contributed by atoms with Crippen LogP contribution in [-0.2, 0) is 4.79 Å². The van der Waals surface area contributed by atoms with E-state index in [0.29, 0.717) is 4.47 Å². The van der Waals surface area contributed by atoms with E-state index >= 15 is 0 Å². The molecular weight excluding hydrogens is 319 g/mol. The number of carboxylic acid groups (broad SMARTS) is 1. The normalized spacial score (nSPS) is 13.2. The molecule has 100 valence electrons. The van der Waals surface area contributed by atoms with E-state index < -0.39 is 24.1 Å². The summed E-state index contributed by atoms with van der Waals surface area (Å²) in [5, 5.41) is 8.57. The highest BCUT2D eigenvalue weighted by Crippen LogP contribution is 2.29. The first-order valence-electron chi connectivity index (χ1n) is 4.71. The van der Waals surface area contributed by atoms with Crippen LogP contribution < -0.4 is 10.5 Å². The molecule has 1 unspecified atom stereocenters. The summed E-state index contributed by atoms with van der Waals surface area (Å²) in [6.45, 7) is 0. The molecule has 0 radical (unpaired) electrons. The maximum absolute atomic E-state index is 12.1. The lowest BCUT2D eigenvalue weighted by Crippen LogP contribution is -2.18. The summed E-state index contributed by atoms with van der Waals surface area (Å²) in [6.07, 6.45) is -5.20. The van der Waals surface area contributed by atoms with Gasteiger partial charge < -0.3 is 15.6 Å². The molecule has 1 aromatic rings. The third-order valence-electron chi connectivity index (χ3n) is 1.95. The van der Waals surface area contributed by atoms with Crippen molar-refractivity contribution in [3.05, 3.63) is 28.2 Å². The van der Waals surface area contributed by atoms with Gasteiger partial charge >= 0.3 is 12.3 Å². The number of hydrogen-bond donors (Lipinski definition) is 2. The van der Waals surface area contributed by atoms with Gasteiger partial charge in [0.25, 0.3) is 0 Å². The summed E-state index contributed by atoms with van der Waals surface area (Å²) in [7, 11) is 0. The van der Waals surface area contributed by atoms with Crippen molar-refractivity contribution in [3.63, 3.8) is 0 Å². The van der Waals surface area contributed by atoms with E-state index in [-0.39, 0.29) is 12.0 Å². The molecule has 0 heterocycles. The average Bonchev–Trinajstić information content (AvgIpc) is 2.12. The van der Waals surface area contributed by atoms with Crippen LogP contribution >= 0.6 is 15.9 Å². The number of rotatable bonds is 4. The Hall–Kier alpha value is -1.28. The van der Waals surface area contributed by atoms with Gasteiger partial charge in [-0.3, -0.25) is 4.79 Å². The zero-order chi connectivity index (χ0) is 13.9. The van der Waals surface area contributed by atoms with Crippen LogP contribution in [0.5, 0.6) is 5.75 Å². The summed E-state index contributed by atoms with van der Waals surface area (Å²) >= 11 is 3.00. The van der Waals surface area contributed by atoms with Crippen molar-refractivity contribution in [2.75, 3.05) is 0 Å². The van der Waals surface area contributed by atoms with Crippen molar-refractivity contribution >= 4 is 21.9 Å². The van der Waals surface area contributed by atoms with Crippen LogP contribution in [0.4, 0.5) is 13.2 Å². The first-order chi connectivity index (χ1) is 8.17. The molecule has 0 saturated carbocycles. The van der Waals surface area contributed by atoms with Crippen LogP contribution in [0.3, 0.4) is 0 Å². The molecule has 4 nitrogen and oxygen atoms in total. The first kappa shape index (κ1) is 14.8. The second kappa shape index (κ2) is 5.57. The lowest BCUT2D eigenvalue weighted by atomic mass is 10.0. The predicted molar refractivity (Wildman–Crippen MR) is 60.0 cm³/mol.